The fourth-order valence-corrected chi connectivity index (χ4v) is 2.83. The molecule has 2 rings (SSSR count). The molecule has 5 nitrogen and oxygen atoms in total. The summed E-state index contributed by atoms with van der Waals surface area (Å²) in [5.74, 6) is 0.962. The van der Waals surface area contributed by atoms with Crippen LogP contribution in [0.5, 0.6) is 5.75 Å². The molecule has 6 heteroatoms. The maximum absolute atomic E-state index is 11.0. The fourth-order valence-electron chi connectivity index (χ4n) is 2.19. The highest BCUT2D eigenvalue weighted by atomic mass is 32.2. The predicted octanol–water partition coefficient (Wildman–Crippen LogP) is 0.910. The van der Waals surface area contributed by atoms with Gasteiger partial charge in [-0.3, -0.25) is 0 Å². The van der Waals surface area contributed by atoms with Crippen molar-refractivity contribution in [2.45, 2.75) is 6.42 Å². The Labute approximate surface area is 120 Å². The largest absolute Gasteiger partial charge is 0.494 e. The van der Waals surface area contributed by atoms with Crippen molar-refractivity contribution in [2.24, 2.45) is 0 Å². The molecule has 112 valence electrons. The van der Waals surface area contributed by atoms with Crippen LogP contribution in [0.1, 0.15) is 6.42 Å². The second kappa shape index (κ2) is 6.95. The third-order valence-electron chi connectivity index (χ3n) is 3.25. The Balaban J connectivity index is 1.79. The Morgan fingerprint density at radius 3 is 2.45 bits per heavy atom. The van der Waals surface area contributed by atoms with Gasteiger partial charge in [0.2, 0.25) is 0 Å². The van der Waals surface area contributed by atoms with Crippen molar-refractivity contribution >= 4 is 15.5 Å². The lowest BCUT2D eigenvalue weighted by atomic mass is 10.2. The van der Waals surface area contributed by atoms with E-state index in [-0.39, 0.29) is 5.75 Å². The molecular formula is C14H22N2O3S. The minimum atomic E-state index is -2.89. The number of nitrogens with one attached hydrogen (secondary N) is 1. The molecule has 1 heterocycles. The van der Waals surface area contributed by atoms with E-state index in [2.05, 4.69) is 22.3 Å². The van der Waals surface area contributed by atoms with Crippen LogP contribution in [0.2, 0.25) is 0 Å². The summed E-state index contributed by atoms with van der Waals surface area (Å²) in [5.41, 5.74) is 1.20. The van der Waals surface area contributed by atoms with E-state index in [0.717, 1.165) is 31.9 Å². The third-order valence-corrected chi connectivity index (χ3v) is 4.28. The molecule has 0 spiro atoms. The van der Waals surface area contributed by atoms with E-state index >= 15 is 0 Å². The van der Waals surface area contributed by atoms with Gasteiger partial charge in [0.15, 0.2) is 0 Å². The van der Waals surface area contributed by atoms with Crippen LogP contribution in [0.15, 0.2) is 24.3 Å². The average molecular weight is 298 g/mol. The number of rotatable bonds is 6. The van der Waals surface area contributed by atoms with Crippen molar-refractivity contribution in [2.75, 3.05) is 49.7 Å². The molecule has 20 heavy (non-hydrogen) atoms. The van der Waals surface area contributed by atoms with Gasteiger partial charge in [-0.15, -0.1) is 0 Å². The van der Waals surface area contributed by atoms with Crippen molar-refractivity contribution in [1.29, 1.82) is 0 Å². The molecule has 1 N–H and O–H groups in total. The topological polar surface area (TPSA) is 58.6 Å². The summed E-state index contributed by atoms with van der Waals surface area (Å²) in [7, 11) is -2.89. The highest BCUT2D eigenvalue weighted by Gasteiger charge is 2.10. The Morgan fingerprint density at radius 1 is 1.20 bits per heavy atom. The first-order chi connectivity index (χ1) is 9.54. The van der Waals surface area contributed by atoms with Crippen LogP contribution < -0.4 is 15.0 Å². The first kappa shape index (κ1) is 15.1. The van der Waals surface area contributed by atoms with Crippen molar-refractivity contribution < 1.29 is 13.2 Å². The SMILES string of the molecule is CS(=O)(=O)CCCOc1ccc(N2CCNCC2)cc1. The van der Waals surface area contributed by atoms with Crippen LogP contribution >= 0.6 is 0 Å². The molecular weight excluding hydrogens is 276 g/mol. The zero-order valence-electron chi connectivity index (χ0n) is 11.8. The van der Waals surface area contributed by atoms with Gasteiger partial charge in [-0.2, -0.15) is 0 Å². The van der Waals surface area contributed by atoms with E-state index in [0.29, 0.717) is 13.0 Å². The number of benzene rings is 1. The van der Waals surface area contributed by atoms with Crippen molar-refractivity contribution in [3.8, 4) is 5.75 Å². The smallest absolute Gasteiger partial charge is 0.147 e. The summed E-state index contributed by atoms with van der Waals surface area (Å²) < 4.78 is 27.5. The highest BCUT2D eigenvalue weighted by Crippen LogP contribution is 2.19. The molecule has 0 unspecified atom stereocenters. The average Bonchev–Trinajstić information content (AvgIpc) is 2.44. The summed E-state index contributed by atoms with van der Waals surface area (Å²) in [6, 6.07) is 7.99. The molecule has 0 atom stereocenters. The van der Waals surface area contributed by atoms with Crippen LogP contribution in [0.3, 0.4) is 0 Å². The maximum Gasteiger partial charge on any atom is 0.147 e. The maximum atomic E-state index is 11.0. The molecule has 1 saturated heterocycles. The van der Waals surface area contributed by atoms with Crippen molar-refractivity contribution in [1.82, 2.24) is 5.32 Å². The lowest BCUT2D eigenvalue weighted by Crippen LogP contribution is -2.43. The minimum absolute atomic E-state index is 0.172. The predicted molar refractivity (Wildman–Crippen MR) is 81.3 cm³/mol. The zero-order chi connectivity index (χ0) is 14.4. The quantitative estimate of drug-likeness (QED) is 0.791. The Bertz CT molecular complexity index is 508. The first-order valence-electron chi connectivity index (χ1n) is 6.91. The van der Waals surface area contributed by atoms with E-state index in [1.807, 2.05) is 12.1 Å². The van der Waals surface area contributed by atoms with E-state index in [1.165, 1.54) is 11.9 Å². The van der Waals surface area contributed by atoms with Gasteiger partial charge >= 0.3 is 0 Å². The lowest BCUT2D eigenvalue weighted by Gasteiger charge is -2.29. The van der Waals surface area contributed by atoms with Crippen LogP contribution in [0, 0.1) is 0 Å². The van der Waals surface area contributed by atoms with Crippen molar-refractivity contribution in [3.63, 3.8) is 0 Å². The molecule has 1 fully saturated rings. The molecule has 1 aromatic carbocycles. The summed E-state index contributed by atoms with van der Waals surface area (Å²) in [5, 5.41) is 3.33. The lowest BCUT2D eigenvalue weighted by molar-refractivity contribution is 0.318. The summed E-state index contributed by atoms with van der Waals surface area (Å²) in [4.78, 5) is 2.34. The molecule has 1 aliphatic heterocycles. The van der Waals surface area contributed by atoms with Crippen LogP contribution in [0.25, 0.3) is 0 Å². The van der Waals surface area contributed by atoms with Gasteiger partial charge in [0.25, 0.3) is 0 Å². The number of sulfone groups is 1. The van der Waals surface area contributed by atoms with Gasteiger partial charge in [0.1, 0.15) is 15.6 Å². The molecule has 1 aromatic rings. The summed E-state index contributed by atoms with van der Waals surface area (Å²) in [6.07, 6.45) is 1.77. The molecule has 0 bridgehead atoms. The van der Waals surface area contributed by atoms with E-state index in [1.54, 1.807) is 0 Å². The molecule has 0 radical (unpaired) electrons. The Kier molecular flexibility index (Phi) is 5.25. The number of anilines is 1. The number of piperazine rings is 1. The summed E-state index contributed by atoms with van der Waals surface area (Å²) >= 11 is 0. The number of ether oxygens (including phenoxy) is 1. The van der Waals surface area contributed by atoms with Gasteiger partial charge in [0, 0.05) is 38.1 Å². The molecule has 0 amide bonds. The van der Waals surface area contributed by atoms with Crippen LogP contribution in [-0.2, 0) is 9.84 Å². The fraction of sp³-hybridized carbons (Fsp3) is 0.571. The molecule has 0 aliphatic carbocycles. The van der Waals surface area contributed by atoms with E-state index < -0.39 is 9.84 Å². The monoisotopic (exact) mass is 298 g/mol. The normalized spacial score (nSPS) is 16.1. The molecule has 1 aliphatic rings. The van der Waals surface area contributed by atoms with Gasteiger partial charge in [-0.05, 0) is 30.7 Å². The molecule has 0 saturated carbocycles. The van der Waals surface area contributed by atoms with Crippen molar-refractivity contribution in [3.05, 3.63) is 24.3 Å². The standard InChI is InChI=1S/C14H22N2O3S/c1-20(17,18)12-2-11-19-14-5-3-13(4-6-14)16-9-7-15-8-10-16/h3-6,15H,2,7-12H2,1H3. The van der Waals surface area contributed by atoms with Crippen LogP contribution in [-0.4, -0.2) is 53.2 Å². The van der Waals surface area contributed by atoms with Crippen LogP contribution in [0.4, 0.5) is 5.69 Å². The third kappa shape index (κ3) is 5.02. The zero-order valence-corrected chi connectivity index (χ0v) is 12.7. The highest BCUT2D eigenvalue weighted by molar-refractivity contribution is 7.90. The Hall–Kier alpha value is -1.27. The second-order valence-corrected chi connectivity index (χ2v) is 7.32. The van der Waals surface area contributed by atoms with Gasteiger partial charge < -0.3 is 15.0 Å². The summed E-state index contributed by atoms with van der Waals surface area (Å²) in [6.45, 7) is 4.51. The molecule has 0 aromatic heterocycles. The number of nitrogens with zero attached hydrogens (tertiary/aromatic N) is 1. The number of hydrogen-bond acceptors (Lipinski definition) is 5. The van der Waals surface area contributed by atoms with Gasteiger partial charge in [-0.1, -0.05) is 0 Å². The van der Waals surface area contributed by atoms with E-state index in [9.17, 15) is 8.42 Å². The second-order valence-electron chi connectivity index (χ2n) is 5.06. The Morgan fingerprint density at radius 2 is 1.85 bits per heavy atom. The van der Waals surface area contributed by atoms with Gasteiger partial charge in [-0.25, -0.2) is 8.42 Å². The minimum Gasteiger partial charge on any atom is -0.494 e. The van der Waals surface area contributed by atoms with E-state index in [4.69, 9.17) is 4.74 Å². The first-order valence-corrected chi connectivity index (χ1v) is 8.97. The number of hydrogen-bond donors (Lipinski definition) is 1. The van der Waals surface area contributed by atoms with Gasteiger partial charge in [0.05, 0.1) is 12.4 Å².